The van der Waals surface area contributed by atoms with Gasteiger partial charge in [0.15, 0.2) is 5.82 Å². The van der Waals surface area contributed by atoms with Gasteiger partial charge in [-0.05, 0) is 33.6 Å². The minimum atomic E-state index is -0.231. The number of aromatic nitrogens is 2. The van der Waals surface area contributed by atoms with Crippen molar-refractivity contribution in [1.29, 1.82) is 0 Å². The average molecular weight is 256 g/mol. The molecular weight excluding hydrogens is 238 g/mol. The molecule has 1 heterocycles. The fourth-order valence-electron chi connectivity index (χ4n) is 1.90. The molecule has 0 aromatic carbocycles. The number of hydrogen-bond acceptors (Lipinski definition) is 3. The van der Waals surface area contributed by atoms with E-state index in [-0.39, 0.29) is 22.5 Å². The zero-order valence-electron chi connectivity index (χ0n) is 10.4. The normalized spacial score (nSPS) is 24.2. The van der Waals surface area contributed by atoms with Crippen LogP contribution < -0.4 is 10.9 Å². The summed E-state index contributed by atoms with van der Waals surface area (Å²) in [6.07, 6.45) is 5.17. The maximum absolute atomic E-state index is 12.2. The Morgan fingerprint density at radius 3 is 2.65 bits per heavy atom. The van der Waals surface area contributed by atoms with Gasteiger partial charge in [0.2, 0.25) is 0 Å². The van der Waals surface area contributed by atoms with E-state index in [2.05, 4.69) is 10.3 Å². The van der Waals surface area contributed by atoms with Crippen molar-refractivity contribution in [2.75, 3.05) is 5.32 Å². The van der Waals surface area contributed by atoms with Crippen LogP contribution in [0.4, 0.5) is 5.82 Å². The fourth-order valence-corrected chi connectivity index (χ4v) is 2.33. The molecule has 94 valence electrons. The van der Waals surface area contributed by atoms with Crippen LogP contribution >= 0.6 is 11.6 Å². The van der Waals surface area contributed by atoms with Crippen LogP contribution in [0.3, 0.4) is 0 Å². The summed E-state index contributed by atoms with van der Waals surface area (Å²) >= 11 is 5.91. The number of alkyl halides is 1. The first-order valence-corrected chi connectivity index (χ1v) is 6.30. The molecule has 1 fully saturated rings. The lowest BCUT2D eigenvalue weighted by atomic mass is 9.92. The molecule has 1 aromatic heterocycles. The Hall–Kier alpha value is -1.03. The van der Waals surface area contributed by atoms with Crippen LogP contribution in [0, 0.1) is 0 Å². The molecule has 4 nitrogen and oxygen atoms in total. The van der Waals surface area contributed by atoms with E-state index in [4.69, 9.17) is 11.6 Å². The number of anilines is 1. The number of halogens is 1. The number of hydrogen-bond donors (Lipinski definition) is 1. The average Bonchev–Trinajstić information content (AvgIpc) is 2.16. The quantitative estimate of drug-likeness (QED) is 0.824. The van der Waals surface area contributed by atoms with Gasteiger partial charge in [-0.25, -0.2) is 4.98 Å². The van der Waals surface area contributed by atoms with Gasteiger partial charge in [0, 0.05) is 29.4 Å². The standard InChI is InChI=1S/C12H18ClN3O/c1-12(2,3)16-5-4-14-10(11(16)17)15-9-6-8(13)7-9/h4-5,8-9H,6-7H2,1-3H3,(H,14,15). The molecule has 0 saturated heterocycles. The van der Waals surface area contributed by atoms with E-state index < -0.39 is 0 Å². The molecule has 0 spiro atoms. The third-order valence-electron chi connectivity index (χ3n) is 2.98. The predicted molar refractivity (Wildman–Crippen MR) is 69.8 cm³/mol. The van der Waals surface area contributed by atoms with Crippen molar-refractivity contribution in [2.45, 2.75) is 50.6 Å². The first-order chi connectivity index (χ1) is 7.88. The fraction of sp³-hybridized carbons (Fsp3) is 0.667. The van der Waals surface area contributed by atoms with Crippen molar-refractivity contribution in [3.05, 3.63) is 22.7 Å². The molecule has 1 N–H and O–H groups in total. The first-order valence-electron chi connectivity index (χ1n) is 5.86. The Kier molecular flexibility index (Phi) is 3.17. The smallest absolute Gasteiger partial charge is 0.293 e. The highest BCUT2D eigenvalue weighted by Crippen LogP contribution is 2.27. The maximum atomic E-state index is 12.2. The van der Waals surface area contributed by atoms with Crippen LogP contribution in [-0.4, -0.2) is 21.0 Å². The van der Waals surface area contributed by atoms with Gasteiger partial charge < -0.3 is 9.88 Å². The van der Waals surface area contributed by atoms with Gasteiger partial charge in [0.05, 0.1) is 0 Å². The molecule has 1 aliphatic rings. The second kappa shape index (κ2) is 4.33. The molecule has 1 aromatic rings. The van der Waals surface area contributed by atoms with Crippen LogP contribution in [-0.2, 0) is 5.54 Å². The van der Waals surface area contributed by atoms with Gasteiger partial charge in [0.25, 0.3) is 5.56 Å². The molecule has 0 atom stereocenters. The van der Waals surface area contributed by atoms with E-state index in [1.165, 1.54) is 0 Å². The molecule has 0 amide bonds. The Morgan fingerprint density at radius 1 is 1.47 bits per heavy atom. The lowest BCUT2D eigenvalue weighted by Crippen LogP contribution is -2.41. The number of nitrogens with one attached hydrogen (secondary N) is 1. The Morgan fingerprint density at radius 2 is 2.12 bits per heavy atom. The first kappa shape index (κ1) is 12.4. The zero-order valence-corrected chi connectivity index (χ0v) is 11.2. The second-order valence-corrected chi connectivity index (χ2v) is 6.15. The maximum Gasteiger partial charge on any atom is 0.293 e. The van der Waals surface area contributed by atoms with Gasteiger partial charge >= 0.3 is 0 Å². The molecule has 17 heavy (non-hydrogen) atoms. The summed E-state index contributed by atoms with van der Waals surface area (Å²) in [7, 11) is 0. The second-order valence-electron chi connectivity index (χ2n) is 5.53. The molecule has 1 aliphatic carbocycles. The summed E-state index contributed by atoms with van der Waals surface area (Å²) < 4.78 is 1.69. The monoisotopic (exact) mass is 255 g/mol. The molecule has 5 heteroatoms. The molecule has 1 saturated carbocycles. The minimum Gasteiger partial charge on any atom is -0.363 e. The van der Waals surface area contributed by atoms with Crippen molar-refractivity contribution in [2.24, 2.45) is 0 Å². The van der Waals surface area contributed by atoms with Crippen LogP contribution in [0.25, 0.3) is 0 Å². The van der Waals surface area contributed by atoms with Crippen molar-refractivity contribution in [3.63, 3.8) is 0 Å². The summed E-state index contributed by atoms with van der Waals surface area (Å²) in [5, 5.41) is 3.40. The van der Waals surface area contributed by atoms with Crippen molar-refractivity contribution in [1.82, 2.24) is 9.55 Å². The summed E-state index contributed by atoms with van der Waals surface area (Å²) in [5.41, 5.74) is -0.302. The van der Waals surface area contributed by atoms with Crippen LogP contribution in [0.1, 0.15) is 33.6 Å². The lowest BCUT2D eigenvalue weighted by molar-refractivity contribution is 0.381. The van der Waals surface area contributed by atoms with Crippen molar-refractivity contribution in [3.8, 4) is 0 Å². The third-order valence-corrected chi connectivity index (χ3v) is 3.34. The summed E-state index contributed by atoms with van der Waals surface area (Å²) in [6, 6.07) is 0.286. The highest BCUT2D eigenvalue weighted by atomic mass is 35.5. The Bertz CT molecular complexity index is 458. The van der Waals surface area contributed by atoms with Crippen molar-refractivity contribution >= 4 is 17.4 Å². The molecular formula is C12H18ClN3O. The van der Waals surface area contributed by atoms with E-state index in [1.54, 1.807) is 17.0 Å². The summed E-state index contributed by atoms with van der Waals surface area (Å²) in [5.74, 6) is 0.427. The molecule has 0 bridgehead atoms. The van der Waals surface area contributed by atoms with Crippen LogP contribution in [0.5, 0.6) is 0 Å². The Labute approximate surface area is 106 Å². The molecule has 2 rings (SSSR count). The summed E-state index contributed by atoms with van der Waals surface area (Å²) in [4.78, 5) is 16.3. The highest BCUT2D eigenvalue weighted by molar-refractivity contribution is 6.21. The van der Waals surface area contributed by atoms with Crippen LogP contribution in [0.2, 0.25) is 0 Å². The van der Waals surface area contributed by atoms with Gasteiger partial charge in [-0.1, -0.05) is 0 Å². The van der Waals surface area contributed by atoms with E-state index in [0.29, 0.717) is 5.82 Å². The lowest BCUT2D eigenvalue weighted by Gasteiger charge is -2.32. The van der Waals surface area contributed by atoms with Crippen LogP contribution in [0.15, 0.2) is 17.2 Å². The summed E-state index contributed by atoms with van der Waals surface area (Å²) in [6.45, 7) is 5.99. The van der Waals surface area contributed by atoms with Gasteiger partial charge in [-0.2, -0.15) is 0 Å². The number of rotatable bonds is 2. The largest absolute Gasteiger partial charge is 0.363 e. The van der Waals surface area contributed by atoms with Gasteiger partial charge in [-0.15, -0.1) is 11.6 Å². The van der Waals surface area contributed by atoms with E-state index in [0.717, 1.165) is 12.8 Å². The van der Waals surface area contributed by atoms with Gasteiger partial charge in [0.1, 0.15) is 0 Å². The zero-order chi connectivity index (χ0) is 12.6. The third kappa shape index (κ3) is 2.63. The number of nitrogens with zero attached hydrogens (tertiary/aromatic N) is 2. The molecule has 0 aliphatic heterocycles. The van der Waals surface area contributed by atoms with E-state index >= 15 is 0 Å². The highest BCUT2D eigenvalue weighted by Gasteiger charge is 2.28. The minimum absolute atomic E-state index is 0.0713. The van der Waals surface area contributed by atoms with Crippen molar-refractivity contribution < 1.29 is 0 Å². The van der Waals surface area contributed by atoms with E-state index in [9.17, 15) is 4.79 Å². The SMILES string of the molecule is CC(C)(C)n1ccnc(NC2CC(Cl)C2)c1=O. The predicted octanol–water partition coefficient (Wildman–Crippen LogP) is 2.18. The Balaban J connectivity index is 2.21. The topological polar surface area (TPSA) is 46.9 Å². The van der Waals surface area contributed by atoms with Gasteiger partial charge in [-0.3, -0.25) is 4.79 Å². The molecule has 0 radical (unpaired) electrons. The molecule has 0 unspecified atom stereocenters. The van der Waals surface area contributed by atoms with E-state index in [1.807, 2.05) is 20.8 Å².